The number of nitrogens with zero attached hydrogens (tertiary/aromatic N) is 1. The molecule has 0 aliphatic rings. The maximum Gasteiger partial charge on any atom is 0.303 e. The molecule has 0 unspecified atom stereocenters. The van der Waals surface area contributed by atoms with E-state index in [4.69, 9.17) is 9.84 Å². The Bertz CT molecular complexity index is 780. The van der Waals surface area contributed by atoms with Crippen LogP contribution in [0.1, 0.15) is 41.5 Å². The Morgan fingerprint density at radius 3 is 2.54 bits per heavy atom. The van der Waals surface area contributed by atoms with Gasteiger partial charge in [0.1, 0.15) is 18.2 Å². The van der Waals surface area contributed by atoms with Crippen LogP contribution in [-0.4, -0.2) is 26.8 Å². The summed E-state index contributed by atoms with van der Waals surface area (Å²) < 4.78 is 5.52. The van der Waals surface area contributed by atoms with E-state index in [-0.39, 0.29) is 30.8 Å². The van der Waals surface area contributed by atoms with Crippen LogP contribution in [0.25, 0.3) is 0 Å². The Morgan fingerprint density at radius 1 is 1.25 bits per heavy atom. The van der Waals surface area contributed by atoms with E-state index in [9.17, 15) is 14.4 Å². The third-order valence-electron chi connectivity index (χ3n) is 3.41. The lowest BCUT2D eigenvalue weighted by Gasteiger charge is -2.07. The average molecular weight is 330 g/mol. The first-order valence-electron chi connectivity index (χ1n) is 7.54. The predicted octanol–water partition coefficient (Wildman–Crippen LogP) is 1.96. The average Bonchev–Trinajstić information content (AvgIpc) is 2.58. The summed E-state index contributed by atoms with van der Waals surface area (Å²) in [4.78, 5) is 40.5. The molecule has 24 heavy (non-hydrogen) atoms. The summed E-state index contributed by atoms with van der Waals surface area (Å²) in [6.07, 6.45) is 1.82. The summed E-state index contributed by atoms with van der Waals surface area (Å²) in [5, 5.41) is 8.63. The normalized spacial score (nSPS) is 10.4. The number of carboxylic acid groups (broad SMARTS) is 1. The number of aromatic nitrogens is 2. The Kier molecular flexibility index (Phi) is 5.83. The quantitative estimate of drug-likeness (QED) is 0.716. The Labute approximate surface area is 138 Å². The smallest absolute Gasteiger partial charge is 0.303 e. The monoisotopic (exact) mass is 330 g/mol. The molecule has 0 saturated heterocycles. The van der Waals surface area contributed by atoms with Gasteiger partial charge in [0.25, 0.3) is 5.56 Å². The van der Waals surface area contributed by atoms with Crippen molar-refractivity contribution < 1.29 is 19.4 Å². The van der Waals surface area contributed by atoms with E-state index in [0.29, 0.717) is 29.1 Å². The minimum atomic E-state index is -0.966. The van der Waals surface area contributed by atoms with Crippen molar-refractivity contribution >= 4 is 11.8 Å². The van der Waals surface area contributed by atoms with Crippen molar-refractivity contribution in [2.75, 3.05) is 0 Å². The molecule has 0 spiro atoms. The van der Waals surface area contributed by atoms with E-state index in [0.717, 1.165) is 0 Å². The topological polar surface area (TPSA) is 109 Å². The molecule has 7 nitrogen and oxygen atoms in total. The lowest BCUT2D eigenvalue weighted by atomic mass is 10.1. The van der Waals surface area contributed by atoms with Gasteiger partial charge in [0.15, 0.2) is 5.78 Å². The van der Waals surface area contributed by atoms with Crippen LogP contribution in [-0.2, 0) is 17.8 Å². The van der Waals surface area contributed by atoms with Crippen molar-refractivity contribution in [1.29, 1.82) is 0 Å². The number of hydrogen-bond donors (Lipinski definition) is 2. The summed E-state index contributed by atoms with van der Waals surface area (Å²) in [7, 11) is 0. The first kappa shape index (κ1) is 17.4. The fourth-order valence-corrected chi connectivity index (χ4v) is 2.04. The van der Waals surface area contributed by atoms with Gasteiger partial charge in [-0.25, -0.2) is 4.98 Å². The van der Waals surface area contributed by atoms with Crippen LogP contribution in [0, 0.1) is 0 Å². The number of ketones is 1. The fraction of sp³-hybridized carbons (Fsp3) is 0.294. The van der Waals surface area contributed by atoms with Crippen molar-refractivity contribution in [3.8, 4) is 5.75 Å². The van der Waals surface area contributed by atoms with Crippen molar-refractivity contribution in [2.24, 2.45) is 0 Å². The number of benzene rings is 1. The molecule has 0 fully saturated rings. The molecule has 126 valence electrons. The molecule has 0 amide bonds. The number of Topliss-reactive ketones (excluding diaryl/α,β-unsaturated/α-hetero) is 1. The summed E-state index contributed by atoms with van der Waals surface area (Å²) in [6.45, 7) is 1.87. The van der Waals surface area contributed by atoms with Gasteiger partial charge >= 0.3 is 5.97 Å². The molecule has 1 aromatic heterocycles. The largest absolute Gasteiger partial charge is 0.486 e. The number of carboxylic acids is 1. The number of ether oxygens (including phenoxy) is 1. The zero-order valence-corrected chi connectivity index (χ0v) is 13.2. The summed E-state index contributed by atoms with van der Waals surface area (Å²) in [6, 6.07) is 6.74. The van der Waals surface area contributed by atoms with Crippen molar-refractivity contribution in [3.63, 3.8) is 0 Å². The van der Waals surface area contributed by atoms with Gasteiger partial charge in [0, 0.05) is 30.2 Å². The second-order valence-corrected chi connectivity index (χ2v) is 5.17. The standard InChI is InChI=1S/C17H18N2O5/c1-2-14(20)11-3-6-13(7-4-11)24-10-15-18-9-12(17(23)19-15)5-8-16(21)22/h3-4,6-7,9H,2,5,8,10H2,1H3,(H,21,22)(H,18,19,23). The van der Waals surface area contributed by atoms with Crippen LogP contribution in [0.3, 0.4) is 0 Å². The minimum absolute atomic E-state index is 0.0597. The maximum absolute atomic E-state index is 11.8. The highest BCUT2D eigenvalue weighted by Crippen LogP contribution is 2.14. The molecule has 2 N–H and O–H groups in total. The molecule has 0 aliphatic heterocycles. The molecule has 7 heteroatoms. The molecule has 0 saturated carbocycles. The van der Waals surface area contributed by atoms with Gasteiger partial charge in [-0.2, -0.15) is 0 Å². The van der Waals surface area contributed by atoms with Crippen molar-refractivity contribution in [3.05, 3.63) is 57.8 Å². The number of H-pyrrole nitrogens is 1. The Hall–Kier alpha value is -2.96. The number of aromatic amines is 1. The molecule has 2 rings (SSSR count). The number of carbonyl (C=O) groups is 2. The van der Waals surface area contributed by atoms with E-state index in [1.54, 1.807) is 31.2 Å². The van der Waals surface area contributed by atoms with E-state index in [1.165, 1.54) is 6.20 Å². The number of nitrogens with one attached hydrogen (secondary N) is 1. The second-order valence-electron chi connectivity index (χ2n) is 5.17. The van der Waals surface area contributed by atoms with Gasteiger partial charge in [-0.05, 0) is 30.7 Å². The first-order chi connectivity index (χ1) is 11.5. The first-order valence-corrected chi connectivity index (χ1v) is 7.54. The van der Waals surface area contributed by atoms with Crippen LogP contribution in [0.4, 0.5) is 0 Å². The third kappa shape index (κ3) is 4.77. The zero-order chi connectivity index (χ0) is 17.5. The van der Waals surface area contributed by atoms with Gasteiger partial charge in [0.05, 0.1) is 0 Å². The molecule has 2 aromatic rings. The molecule has 1 aromatic carbocycles. The summed E-state index contributed by atoms with van der Waals surface area (Å²) in [5.74, 6) is -0.00986. The van der Waals surface area contributed by atoms with E-state index < -0.39 is 5.97 Å². The van der Waals surface area contributed by atoms with Gasteiger partial charge in [-0.15, -0.1) is 0 Å². The van der Waals surface area contributed by atoms with E-state index in [2.05, 4.69) is 9.97 Å². The molecule has 1 heterocycles. The number of rotatable bonds is 8. The fourth-order valence-electron chi connectivity index (χ4n) is 2.04. The minimum Gasteiger partial charge on any atom is -0.486 e. The van der Waals surface area contributed by atoms with E-state index >= 15 is 0 Å². The summed E-state index contributed by atoms with van der Waals surface area (Å²) in [5.41, 5.74) is 0.580. The summed E-state index contributed by atoms with van der Waals surface area (Å²) >= 11 is 0. The molecule has 0 atom stereocenters. The second kappa shape index (κ2) is 8.05. The third-order valence-corrected chi connectivity index (χ3v) is 3.41. The zero-order valence-electron chi connectivity index (χ0n) is 13.2. The Morgan fingerprint density at radius 2 is 1.96 bits per heavy atom. The van der Waals surface area contributed by atoms with Crippen molar-refractivity contribution in [1.82, 2.24) is 9.97 Å². The van der Waals surface area contributed by atoms with Crippen LogP contribution in [0.5, 0.6) is 5.75 Å². The molecule has 0 radical (unpaired) electrons. The van der Waals surface area contributed by atoms with Crippen LogP contribution >= 0.6 is 0 Å². The van der Waals surface area contributed by atoms with Crippen LogP contribution < -0.4 is 10.3 Å². The highest BCUT2D eigenvalue weighted by atomic mass is 16.5. The van der Waals surface area contributed by atoms with Crippen LogP contribution in [0.15, 0.2) is 35.3 Å². The van der Waals surface area contributed by atoms with Gasteiger partial charge in [-0.3, -0.25) is 14.4 Å². The molecule has 0 bridgehead atoms. The van der Waals surface area contributed by atoms with Gasteiger partial charge < -0.3 is 14.8 Å². The molecular formula is C17H18N2O5. The highest BCUT2D eigenvalue weighted by molar-refractivity contribution is 5.95. The number of aliphatic carboxylic acids is 1. The number of aryl methyl sites for hydroxylation is 1. The number of hydrogen-bond acceptors (Lipinski definition) is 5. The molecule has 0 aliphatic carbocycles. The van der Waals surface area contributed by atoms with Crippen molar-refractivity contribution in [2.45, 2.75) is 32.8 Å². The van der Waals surface area contributed by atoms with Crippen LogP contribution in [0.2, 0.25) is 0 Å². The Balaban J connectivity index is 1.96. The SMILES string of the molecule is CCC(=O)c1ccc(OCc2ncc(CCC(=O)O)c(=O)[nH]2)cc1. The lowest BCUT2D eigenvalue weighted by molar-refractivity contribution is -0.136. The van der Waals surface area contributed by atoms with Gasteiger partial charge in [-0.1, -0.05) is 6.92 Å². The van der Waals surface area contributed by atoms with E-state index in [1.807, 2.05) is 0 Å². The maximum atomic E-state index is 11.8. The van der Waals surface area contributed by atoms with Gasteiger partial charge in [0.2, 0.25) is 0 Å². The number of carbonyl (C=O) groups excluding carboxylic acids is 1. The molecular weight excluding hydrogens is 312 g/mol. The lowest BCUT2D eigenvalue weighted by Crippen LogP contribution is -2.18. The highest BCUT2D eigenvalue weighted by Gasteiger charge is 2.07. The predicted molar refractivity (Wildman–Crippen MR) is 86.2 cm³/mol.